The summed E-state index contributed by atoms with van der Waals surface area (Å²) in [5.74, 6) is 0. The van der Waals surface area contributed by atoms with E-state index in [-0.39, 0.29) is 4.57 Å². The molecule has 0 saturated carbocycles. The lowest BCUT2D eigenvalue weighted by molar-refractivity contribution is 0.611. The van der Waals surface area contributed by atoms with E-state index < -0.39 is 43.8 Å². The zero-order chi connectivity index (χ0) is 18.8. The van der Waals surface area contributed by atoms with Crippen molar-refractivity contribution in [2.24, 2.45) is 0 Å². The normalized spacial score (nSPS) is 13.3. The fourth-order valence-electron chi connectivity index (χ4n) is 2.24. The van der Waals surface area contributed by atoms with Crippen molar-refractivity contribution in [1.82, 2.24) is 18.7 Å². The summed E-state index contributed by atoms with van der Waals surface area (Å²) in [7, 11) is 55.4. The molecule has 20 radical (unpaired) electrons. The predicted octanol–water partition coefficient (Wildman–Crippen LogP) is -6.63. The minimum atomic E-state index is -2.44. The van der Waals surface area contributed by atoms with Gasteiger partial charge in [0, 0.05) is 0 Å². The van der Waals surface area contributed by atoms with Gasteiger partial charge in [-0.05, 0) is 0 Å². The monoisotopic (exact) mass is 294 g/mol. The topological polar surface area (TPSA) is 61.8 Å². The Morgan fingerprint density at radius 1 is 0.708 bits per heavy atom. The summed E-state index contributed by atoms with van der Waals surface area (Å²) < 4.78 is 1.43. The molecule has 24 heavy (non-hydrogen) atoms. The van der Waals surface area contributed by atoms with Gasteiger partial charge in [-0.15, -0.1) is 0 Å². The summed E-state index contributed by atoms with van der Waals surface area (Å²) in [4.78, 5) is 29.0. The minimum absolute atomic E-state index is 0.222. The third-order valence-corrected chi connectivity index (χ3v) is 3.05. The average Bonchev–Trinajstić information content (AvgIpc) is 2.61. The lowest BCUT2D eigenvalue weighted by atomic mass is 9.48. The van der Waals surface area contributed by atoms with Gasteiger partial charge in [0.1, 0.15) is 5.52 Å². The van der Waals surface area contributed by atoms with Crippen LogP contribution >= 0.6 is 0 Å². The van der Waals surface area contributed by atoms with E-state index in [4.69, 9.17) is 78.5 Å². The Hall–Kier alpha value is -1.20. The van der Waals surface area contributed by atoms with Crippen LogP contribution in [-0.2, 0) is 15.7 Å². The largest absolute Gasteiger partial charge is 0.352 e. The molecule has 0 aliphatic rings. The van der Waals surface area contributed by atoms with Gasteiger partial charge in [-0.3, -0.25) is 13.9 Å². The van der Waals surface area contributed by atoms with Crippen molar-refractivity contribution in [2.45, 2.75) is 15.7 Å². The van der Waals surface area contributed by atoms with Crippen molar-refractivity contribution in [3.05, 3.63) is 20.8 Å². The van der Waals surface area contributed by atoms with E-state index >= 15 is 0 Å². The molecule has 0 spiro atoms. The Balaban J connectivity index is 3.26. The highest BCUT2D eigenvalue weighted by Crippen LogP contribution is 2.14. The number of hydrogen-bond donors (Lipinski definition) is 0. The van der Waals surface area contributed by atoms with Gasteiger partial charge in [0.15, 0.2) is 13.5 Å². The van der Waals surface area contributed by atoms with Crippen LogP contribution in [0, 0.1) is 0 Å². The zero-order valence-corrected chi connectivity index (χ0v) is 12.4. The highest BCUT2D eigenvalue weighted by Gasteiger charge is 2.30. The summed E-state index contributed by atoms with van der Waals surface area (Å²) in [6.07, 6.45) is 0. The van der Waals surface area contributed by atoms with Crippen LogP contribution in [0.4, 0.5) is 0 Å². The molecule has 94 valence electrons. The van der Waals surface area contributed by atoms with Gasteiger partial charge in [-0.2, -0.15) is 0 Å². The molecular weight excluding hydrogens is 292 g/mol. The summed E-state index contributed by atoms with van der Waals surface area (Å²) in [5, 5.41) is -6.96. The van der Waals surface area contributed by atoms with Gasteiger partial charge in [0.05, 0.1) is 76.3 Å². The number of aromatic nitrogens is 4. The molecular formula is C8B10N4O2. The number of rotatable bonds is 3. The smallest absolute Gasteiger partial charge is 0.329 e. The molecule has 0 bridgehead atoms. The van der Waals surface area contributed by atoms with Crippen LogP contribution in [0.3, 0.4) is 0 Å². The van der Waals surface area contributed by atoms with Crippen LogP contribution in [0.1, 0.15) is 0 Å². The van der Waals surface area contributed by atoms with Crippen LogP contribution in [0.25, 0.3) is 11.2 Å². The van der Waals surface area contributed by atoms with Crippen molar-refractivity contribution in [2.75, 3.05) is 0 Å². The summed E-state index contributed by atoms with van der Waals surface area (Å²) >= 11 is 0. The van der Waals surface area contributed by atoms with Crippen molar-refractivity contribution in [1.29, 1.82) is 0 Å². The Kier molecular flexibility index (Phi) is 4.30. The van der Waals surface area contributed by atoms with Crippen molar-refractivity contribution in [3.63, 3.8) is 0 Å². The van der Waals surface area contributed by atoms with Crippen LogP contribution in [0.5, 0.6) is 0 Å². The van der Waals surface area contributed by atoms with Crippen LogP contribution < -0.4 is 17.0 Å². The Labute approximate surface area is 151 Å². The quantitative estimate of drug-likeness (QED) is 0.529. The fourth-order valence-corrected chi connectivity index (χ4v) is 2.24. The van der Waals surface area contributed by atoms with Crippen molar-refractivity contribution >= 4 is 95.4 Å². The van der Waals surface area contributed by atoms with Crippen molar-refractivity contribution < 1.29 is 0 Å². The van der Waals surface area contributed by atoms with Crippen LogP contribution in [0.15, 0.2) is 9.59 Å². The highest BCUT2D eigenvalue weighted by molar-refractivity contribution is 6.58. The first kappa shape index (κ1) is 19.1. The van der Waals surface area contributed by atoms with E-state index in [9.17, 15) is 9.59 Å². The highest BCUT2D eigenvalue weighted by atomic mass is 16.2. The third kappa shape index (κ3) is 2.92. The average molecular weight is 292 g/mol. The molecule has 16 heteroatoms. The standard InChI is InChI=1S/C8B10N4O2/c9-4-19-2-1(20(4)6(10,11)12)3(23)22(8(16,17)18)5(24)21(2)7(13,14)15. The van der Waals surface area contributed by atoms with Crippen LogP contribution in [0.2, 0.25) is 0 Å². The SMILES string of the molecule is [B]c1nc2c(c(=O)n(C([B])([B])[B])c(=O)n2C([B])([B])[B])n1C([B])([B])[B]. The molecule has 0 aliphatic carbocycles. The van der Waals surface area contributed by atoms with E-state index in [1.165, 1.54) is 0 Å². The molecule has 0 N–H and O–H groups in total. The first-order chi connectivity index (χ1) is 10.6. The van der Waals surface area contributed by atoms with E-state index in [0.717, 1.165) is 0 Å². The number of fused-ring (bicyclic) bond motifs is 1. The summed E-state index contributed by atoms with van der Waals surface area (Å²) in [5.41, 5.74) is -3.74. The van der Waals surface area contributed by atoms with Crippen molar-refractivity contribution in [3.8, 4) is 0 Å². The molecule has 6 nitrogen and oxygen atoms in total. The van der Waals surface area contributed by atoms with E-state index in [2.05, 4.69) is 4.98 Å². The molecule has 0 aliphatic heterocycles. The van der Waals surface area contributed by atoms with Gasteiger partial charge in [-0.25, -0.2) is 9.78 Å². The minimum Gasteiger partial charge on any atom is -0.352 e. The van der Waals surface area contributed by atoms with Gasteiger partial charge >= 0.3 is 5.69 Å². The molecule has 0 amide bonds. The summed E-state index contributed by atoms with van der Waals surface area (Å²) in [6.45, 7) is 0. The number of hydrogen-bond acceptors (Lipinski definition) is 3. The first-order valence-electron chi connectivity index (χ1n) is 6.25. The molecule has 2 aromatic rings. The van der Waals surface area contributed by atoms with Gasteiger partial charge in [-0.1, -0.05) is 15.7 Å². The molecule has 0 saturated heterocycles. The molecule has 0 fully saturated rings. The molecule has 0 unspecified atom stereocenters. The maximum atomic E-state index is 12.7. The maximum absolute atomic E-state index is 12.7. The van der Waals surface area contributed by atoms with Gasteiger partial charge in [0.2, 0.25) is 0 Å². The molecule has 0 aromatic carbocycles. The number of imidazole rings is 1. The Morgan fingerprint density at radius 2 is 1.12 bits per heavy atom. The molecule has 0 atom stereocenters. The van der Waals surface area contributed by atoms with Gasteiger partial charge in [0.25, 0.3) is 5.56 Å². The first-order valence-corrected chi connectivity index (χ1v) is 6.25. The summed E-state index contributed by atoms with van der Waals surface area (Å²) in [6, 6.07) is 0. The second-order valence-corrected chi connectivity index (χ2v) is 5.40. The Bertz CT molecular complexity index is 924. The van der Waals surface area contributed by atoms with E-state index in [0.29, 0.717) is 9.13 Å². The lowest BCUT2D eigenvalue weighted by Crippen LogP contribution is -2.57. The molecule has 2 aromatic heterocycles. The molecule has 2 heterocycles. The second-order valence-electron chi connectivity index (χ2n) is 5.40. The Morgan fingerprint density at radius 3 is 1.50 bits per heavy atom. The third-order valence-electron chi connectivity index (χ3n) is 3.05. The second kappa shape index (κ2) is 5.40. The zero-order valence-electron chi connectivity index (χ0n) is 12.4. The van der Waals surface area contributed by atoms with Crippen LogP contribution in [-0.4, -0.2) is 97.1 Å². The van der Waals surface area contributed by atoms with E-state index in [1.54, 1.807) is 0 Å². The predicted molar refractivity (Wildman–Crippen MR) is 99.3 cm³/mol. The lowest BCUT2D eigenvalue weighted by Gasteiger charge is -2.31. The number of nitrogens with zero attached hydrogens (tertiary/aromatic N) is 4. The van der Waals surface area contributed by atoms with E-state index in [1.807, 2.05) is 0 Å². The maximum Gasteiger partial charge on any atom is 0.329 e. The molecule has 2 rings (SSSR count). The fraction of sp³-hybridized carbons (Fsp3) is 0.375. The van der Waals surface area contributed by atoms with Gasteiger partial charge < -0.3 is 4.57 Å².